The molecule has 0 aromatic carbocycles. The van der Waals surface area contributed by atoms with E-state index in [2.05, 4.69) is 5.32 Å². The fourth-order valence-corrected chi connectivity index (χ4v) is 0.754. The van der Waals surface area contributed by atoms with E-state index in [0.29, 0.717) is 5.57 Å². The van der Waals surface area contributed by atoms with Gasteiger partial charge in [-0.05, 0) is 13.3 Å². The molecule has 0 radical (unpaired) electrons. The first-order chi connectivity index (χ1) is 6.18. The largest absolute Gasteiger partial charge is 0.478 e. The third kappa shape index (κ3) is 7.49. The number of hydrogen-bond donors (Lipinski definition) is 2. The number of hydrogen-bond acceptors (Lipinski definition) is 3. The van der Waals surface area contributed by atoms with Crippen molar-refractivity contribution in [2.24, 2.45) is 0 Å². The maximum absolute atomic E-state index is 10.0. The third-order valence-corrected chi connectivity index (χ3v) is 1.47. The van der Waals surface area contributed by atoms with Crippen LogP contribution in [0.2, 0.25) is 0 Å². The molecular formula is C9H17NO3. The SMILES string of the molecule is C1COCN1.CC/C=C(\C)C(=O)O. The molecule has 1 rings (SSSR count). The highest BCUT2D eigenvalue weighted by Crippen LogP contribution is 1.92. The fourth-order valence-electron chi connectivity index (χ4n) is 0.754. The summed E-state index contributed by atoms with van der Waals surface area (Å²) in [6, 6.07) is 0. The van der Waals surface area contributed by atoms with Crippen LogP contribution in [0.25, 0.3) is 0 Å². The van der Waals surface area contributed by atoms with E-state index in [4.69, 9.17) is 9.84 Å². The van der Waals surface area contributed by atoms with Crippen molar-refractivity contribution >= 4 is 5.97 Å². The van der Waals surface area contributed by atoms with E-state index >= 15 is 0 Å². The molecule has 1 aliphatic heterocycles. The number of carboxylic acid groups (broad SMARTS) is 1. The molecule has 0 atom stereocenters. The normalized spacial score (nSPS) is 16.3. The van der Waals surface area contributed by atoms with Gasteiger partial charge in [0.2, 0.25) is 0 Å². The maximum atomic E-state index is 10.0. The van der Waals surface area contributed by atoms with Gasteiger partial charge in [-0.25, -0.2) is 4.79 Å². The average Bonchev–Trinajstić information content (AvgIpc) is 2.61. The number of aliphatic carboxylic acids is 1. The van der Waals surface area contributed by atoms with Crippen LogP contribution >= 0.6 is 0 Å². The predicted molar refractivity (Wildman–Crippen MR) is 50.5 cm³/mol. The highest BCUT2D eigenvalue weighted by Gasteiger charge is 1.95. The Hall–Kier alpha value is -0.870. The van der Waals surface area contributed by atoms with Crippen LogP contribution in [0.5, 0.6) is 0 Å². The zero-order valence-corrected chi connectivity index (χ0v) is 8.17. The smallest absolute Gasteiger partial charge is 0.330 e. The molecule has 0 unspecified atom stereocenters. The first kappa shape index (κ1) is 12.1. The molecule has 0 amide bonds. The summed E-state index contributed by atoms with van der Waals surface area (Å²) in [7, 11) is 0. The summed E-state index contributed by atoms with van der Waals surface area (Å²) in [5.41, 5.74) is 0.424. The lowest BCUT2D eigenvalue weighted by molar-refractivity contribution is -0.132. The lowest BCUT2D eigenvalue weighted by Gasteiger charge is -1.87. The fraction of sp³-hybridized carbons (Fsp3) is 0.667. The van der Waals surface area contributed by atoms with Crippen LogP contribution in [0.1, 0.15) is 20.3 Å². The molecule has 1 saturated heterocycles. The molecular weight excluding hydrogens is 170 g/mol. The van der Waals surface area contributed by atoms with Crippen molar-refractivity contribution in [2.75, 3.05) is 19.9 Å². The van der Waals surface area contributed by atoms with Crippen LogP contribution in [0.4, 0.5) is 0 Å². The maximum Gasteiger partial charge on any atom is 0.330 e. The summed E-state index contributed by atoms with van der Waals surface area (Å²) in [6.07, 6.45) is 2.47. The average molecular weight is 187 g/mol. The second-order valence-corrected chi connectivity index (χ2v) is 2.65. The van der Waals surface area contributed by atoms with Gasteiger partial charge in [0.1, 0.15) is 0 Å². The third-order valence-electron chi connectivity index (χ3n) is 1.47. The number of rotatable bonds is 2. The Bertz CT molecular complexity index is 166. The van der Waals surface area contributed by atoms with E-state index in [1.54, 1.807) is 13.0 Å². The van der Waals surface area contributed by atoms with E-state index in [1.807, 2.05) is 6.92 Å². The Morgan fingerprint density at radius 1 is 1.69 bits per heavy atom. The minimum Gasteiger partial charge on any atom is -0.478 e. The summed E-state index contributed by atoms with van der Waals surface area (Å²) in [5, 5.41) is 11.2. The van der Waals surface area contributed by atoms with Crippen molar-refractivity contribution in [1.82, 2.24) is 5.32 Å². The standard InChI is InChI=1S/C6H10O2.C3H7NO/c1-3-4-5(2)6(7)8;1-2-5-3-4-1/h4H,3H2,1-2H3,(H,7,8);4H,1-3H2/b5-4+;. The predicted octanol–water partition coefficient (Wildman–Crippen LogP) is 0.991. The van der Waals surface area contributed by atoms with Gasteiger partial charge in [0.05, 0.1) is 13.3 Å². The summed E-state index contributed by atoms with van der Waals surface area (Å²) in [5.74, 6) is -0.827. The number of carbonyl (C=O) groups is 1. The molecule has 1 aliphatic rings. The quantitative estimate of drug-likeness (QED) is 0.633. The highest BCUT2D eigenvalue weighted by molar-refractivity contribution is 5.85. The van der Waals surface area contributed by atoms with Gasteiger partial charge in [-0.3, -0.25) is 5.32 Å². The van der Waals surface area contributed by atoms with Crippen molar-refractivity contribution in [3.8, 4) is 0 Å². The van der Waals surface area contributed by atoms with Gasteiger partial charge in [-0.15, -0.1) is 0 Å². The molecule has 76 valence electrons. The zero-order valence-electron chi connectivity index (χ0n) is 8.17. The van der Waals surface area contributed by atoms with Crippen LogP contribution in [0.3, 0.4) is 0 Å². The molecule has 1 fully saturated rings. The summed E-state index contributed by atoms with van der Waals surface area (Å²) < 4.78 is 4.83. The van der Waals surface area contributed by atoms with Crippen molar-refractivity contribution < 1.29 is 14.6 Å². The molecule has 0 aromatic heterocycles. The van der Waals surface area contributed by atoms with Gasteiger partial charge in [0.25, 0.3) is 0 Å². The second-order valence-electron chi connectivity index (χ2n) is 2.65. The number of carboxylic acids is 1. The zero-order chi connectivity index (χ0) is 10.1. The van der Waals surface area contributed by atoms with Crippen molar-refractivity contribution in [3.05, 3.63) is 11.6 Å². The molecule has 1 heterocycles. The van der Waals surface area contributed by atoms with Crippen LogP contribution in [0.15, 0.2) is 11.6 Å². The molecule has 0 aliphatic carbocycles. The van der Waals surface area contributed by atoms with E-state index in [9.17, 15) is 4.79 Å². The van der Waals surface area contributed by atoms with E-state index in [-0.39, 0.29) is 0 Å². The first-order valence-electron chi connectivity index (χ1n) is 4.37. The first-order valence-corrected chi connectivity index (χ1v) is 4.37. The van der Waals surface area contributed by atoms with Crippen LogP contribution in [-0.2, 0) is 9.53 Å². The minimum absolute atomic E-state index is 0.424. The summed E-state index contributed by atoms with van der Waals surface area (Å²) in [6.45, 7) is 6.16. The Balaban J connectivity index is 0.000000243. The van der Waals surface area contributed by atoms with Crippen molar-refractivity contribution in [2.45, 2.75) is 20.3 Å². The molecule has 4 heteroatoms. The van der Waals surface area contributed by atoms with Gasteiger partial charge >= 0.3 is 5.97 Å². The minimum atomic E-state index is -0.827. The highest BCUT2D eigenvalue weighted by atomic mass is 16.5. The number of allylic oxidation sites excluding steroid dienone is 1. The Morgan fingerprint density at radius 3 is 2.54 bits per heavy atom. The topological polar surface area (TPSA) is 58.6 Å². The van der Waals surface area contributed by atoms with Gasteiger partial charge < -0.3 is 9.84 Å². The van der Waals surface area contributed by atoms with Gasteiger partial charge in [-0.2, -0.15) is 0 Å². The van der Waals surface area contributed by atoms with Crippen LogP contribution < -0.4 is 5.32 Å². The lowest BCUT2D eigenvalue weighted by atomic mass is 10.2. The Labute approximate surface area is 78.6 Å². The molecule has 0 saturated carbocycles. The van der Waals surface area contributed by atoms with Crippen molar-refractivity contribution in [3.63, 3.8) is 0 Å². The van der Waals surface area contributed by atoms with Gasteiger partial charge in [-0.1, -0.05) is 13.0 Å². The second kappa shape index (κ2) is 7.76. The molecule has 4 nitrogen and oxygen atoms in total. The lowest BCUT2D eigenvalue weighted by Crippen LogP contribution is -2.05. The Morgan fingerprint density at radius 2 is 2.38 bits per heavy atom. The molecule has 0 bridgehead atoms. The van der Waals surface area contributed by atoms with Gasteiger partial charge in [0, 0.05) is 12.1 Å². The van der Waals surface area contributed by atoms with Crippen LogP contribution in [0, 0.1) is 0 Å². The molecule has 2 N–H and O–H groups in total. The number of nitrogens with one attached hydrogen (secondary N) is 1. The van der Waals surface area contributed by atoms with E-state index < -0.39 is 5.97 Å². The Kier molecular flexibility index (Phi) is 7.24. The molecule has 0 spiro atoms. The van der Waals surface area contributed by atoms with Gasteiger partial charge in [0.15, 0.2) is 0 Å². The summed E-state index contributed by atoms with van der Waals surface area (Å²) in [4.78, 5) is 10.0. The molecule has 0 aromatic rings. The van der Waals surface area contributed by atoms with Crippen LogP contribution in [-0.4, -0.2) is 31.0 Å². The van der Waals surface area contributed by atoms with Crippen molar-refractivity contribution in [1.29, 1.82) is 0 Å². The molecule has 13 heavy (non-hydrogen) atoms. The summed E-state index contributed by atoms with van der Waals surface area (Å²) >= 11 is 0. The number of ether oxygens (including phenoxy) is 1. The van der Waals surface area contributed by atoms with E-state index in [1.165, 1.54) is 0 Å². The monoisotopic (exact) mass is 187 g/mol. The van der Waals surface area contributed by atoms with E-state index in [0.717, 1.165) is 26.3 Å².